The van der Waals surface area contributed by atoms with Crippen LogP contribution >= 0.6 is 0 Å². The number of methoxy groups -OCH3 is 2. The summed E-state index contributed by atoms with van der Waals surface area (Å²) in [5.74, 6) is -1.58. The Morgan fingerprint density at radius 3 is 0.580 bits per heavy atom. The second kappa shape index (κ2) is 35.0. The Balaban J connectivity index is -0.0000000556. The van der Waals surface area contributed by atoms with Gasteiger partial charge in [-0.1, -0.05) is 252 Å². The third-order valence-corrected chi connectivity index (χ3v) is 9.06. The van der Waals surface area contributed by atoms with Gasteiger partial charge in [-0.25, -0.2) is 8.78 Å². The van der Waals surface area contributed by atoms with E-state index >= 15 is 0 Å². The number of aliphatic hydroxyl groups is 1. The van der Waals surface area contributed by atoms with Crippen molar-refractivity contribution in [3.05, 3.63) is 0 Å². The summed E-state index contributed by atoms with van der Waals surface area (Å²) in [5, 5.41) is 9.72. The fourth-order valence-electron chi connectivity index (χ4n) is 7.21. The topological polar surface area (TPSA) is 57.2 Å². The molecule has 0 radical (unpaired) electrons. The van der Waals surface area contributed by atoms with Crippen molar-refractivity contribution in [2.45, 2.75) is 329 Å². The van der Waals surface area contributed by atoms with E-state index in [0.717, 1.165) is 13.2 Å². The van der Waals surface area contributed by atoms with Crippen molar-refractivity contribution in [1.29, 1.82) is 0 Å². The van der Waals surface area contributed by atoms with Crippen molar-refractivity contribution >= 4 is 0 Å². The van der Waals surface area contributed by atoms with E-state index in [1.54, 1.807) is 7.11 Å². The molecular weight excluding hydrogens is 863 g/mol. The van der Waals surface area contributed by atoms with Crippen LogP contribution < -0.4 is 0 Å². The number of hydrogen-bond acceptors (Lipinski definition) is 5. The number of alkyl halides is 2. The van der Waals surface area contributed by atoms with Crippen LogP contribution in [0.3, 0.4) is 0 Å². The Labute approximate surface area is 442 Å². The van der Waals surface area contributed by atoms with Gasteiger partial charge in [0.15, 0.2) is 0 Å². The van der Waals surface area contributed by atoms with Gasteiger partial charge in [0.25, 0.3) is 0 Å². The molecule has 0 rings (SSSR count). The lowest BCUT2D eigenvalue weighted by Crippen LogP contribution is -2.50. The number of halogens is 2. The van der Waals surface area contributed by atoms with Gasteiger partial charge in [-0.3, -0.25) is 0 Å². The maximum Gasteiger partial charge on any atom is 0.218 e. The monoisotopic (exact) mass is 1010 g/mol. The lowest BCUT2D eigenvalue weighted by molar-refractivity contribution is -0.251. The molecule has 0 aliphatic rings. The molecule has 7 heteroatoms. The summed E-state index contributed by atoms with van der Waals surface area (Å²) in [5.41, 5.74) is -0.409. The predicted octanol–water partition coefficient (Wildman–Crippen LogP) is 21.9. The smallest absolute Gasteiger partial charge is 0.218 e. The molecule has 1 N–H and O–H groups in total. The minimum Gasteiger partial charge on any atom is -0.392 e. The molecule has 0 unspecified atom stereocenters. The van der Waals surface area contributed by atoms with Crippen LogP contribution in [0.4, 0.5) is 8.78 Å². The first-order valence-corrected chi connectivity index (χ1v) is 23.8. The molecule has 0 aromatic carbocycles. The van der Waals surface area contributed by atoms with Crippen molar-refractivity contribution in [1.82, 2.24) is 0 Å². The largest absolute Gasteiger partial charge is 0.392 e. The Kier molecular flexibility index (Phi) is 49.7. The van der Waals surface area contributed by atoms with Crippen LogP contribution in [0, 0.1) is 54.1 Å². The molecule has 0 saturated heterocycles. The fraction of sp³-hybridized carbons (Fsp3) is 1.00. The minimum absolute atomic E-state index is 0. The van der Waals surface area contributed by atoms with E-state index in [4.69, 9.17) is 18.9 Å². The molecule has 0 fully saturated rings. The Morgan fingerprint density at radius 2 is 0.565 bits per heavy atom. The first kappa shape index (κ1) is 97.9. The standard InChI is InChI=1S/C10H21FO.C10H22O.C9H19F.3C9H20O.6CH4/c1-8(2,3)10(11,12-7)9(4,5)6;1-9(2,3)8(11-7)10(4,5)6;1-8(2,3)7(10)9(4,5)6;2*1-8(2,3)7-10-9(4,5)6;1-8(2,3)7(10)9(4,5)6;;;;;;/h1-7H3;8H,1-7H3;7H,1-6H3;2*7H2,1-6H3;7,10H,1-6H3;6*1H4. The first-order chi connectivity index (χ1) is 26.5. The third kappa shape index (κ3) is 55.3. The first-order valence-electron chi connectivity index (χ1n) is 23.8. The molecule has 0 bridgehead atoms. The Morgan fingerprint density at radius 1 is 0.362 bits per heavy atom. The Hall–Kier alpha value is -0.340. The fourth-order valence-corrected chi connectivity index (χ4v) is 7.21. The van der Waals surface area contributed by atoms with E-state index in [-0.39, 0.29) is 105 Å². The average Bonchev–Trinajstić information content (AvgIpc) is 2.94. The summed E-state index contributed by atoms with van der Waals surface area (Å²) < 4.78 is 49.4. The number of ether oxygens (including phenoxy) is 4. The zero-order chi connectivity index (χ0) is 53.5. The molecule has 438 valence electrons. The number of hydrogen-bond donors (Lipinski definition) is 1. The van der Waals surface area contributed by atoms with Gasteiger partial charge in [-0.15, -0.1) is 0 Å². The summed E-state index contributed by atoms with van der Waals surface area (Å²) in [6.45, 7) is 75.6. The second-order valence-corrected chi connectivity index (χ2v) is 30.8. The Bertz CT molecular complexity index is 997. The molecule has 0 aromatic heterocycles. The summed E-state index contributed by atoms with van der Waals surface area (Å²) in [6.07, 6.45) is -0.657. The quantitative estimate of drug-likeness (QED) is 0.304. The van der Waals surface area contributed by atoms with E-state index in [0.29, 0.717) is 6.10 Å². The van der Waals surface area contributed by atoms with E-state index in [1.165, 1.54) is 7.11 Å². The highest BCUT2D eigenvalue weighted by Crippen LogP contribution is 2.47. The van der Waals surface area contributed by atoms with Crippen LogP contribution in [0.15, 0.2) is 0 Å². The zero-order valence-electron chi connectivity index (χ0n) is 50.5. The van der Waals surface area contributed by atoms with Gasteiger partial charge in [-0.2, -0.15) is 0 Å². The molecular formula is C62H146F2O5. The highest BCUT2D eigenvalue weighted by atomic mass is 19.2. The highest BCUT2D eigenvalue weighted by Gasteiger charge is 2.52. The predicted molar refractivity (Wildman–Crippen MR) is 319 cm³/mol. The summed E-state index contributed by atoms with van der Waals surface area (Å²) in [7, 11) is 3.22. The van der Waals surface area contributed by atoms with Gasteiger partial charge in [0.2, 0.25) is 5.85 Å². The van der Waals surface area contributed by atoms with Crippen LogP contribution in [0.25, 0.3) is 0 Å². The summed E-state index contributed by atoms with van der Waals surface area (Å²) >= 11 is 0. The van der Waals surface area contributed by atoms with Gasteiger partial charge < -0.3 is 24.1 Å². The lowest BCUT2D eigenvalue weighted by atomic mass is 9.72. The van der Waals surface area contributed by atoms with Crippen LogP contribution in [-0.4, -0.2) is 68.0 Å². The summed E-state index contributed by atoms with van der Waals surface area (Å²) in [4.78, 5) is 0. The third-order valence-electron chi connectivity index (χ3n) is 9.06. The van der Waals surface area contributed by atoms with Crippen molar-refractivity contribution in [2.75, 3.05) is 27.4 Å². The molecule has 0 aliphatic carbocycles. The van der Waals surface area contributed by atoms with E-state index in [2.05, 4.69) is 166 Å². The molecule has 0 heterocycles. The number of rotatable bonds is 4. The van der Waals surface area contributed by atoms with Crippen molar-refractivity contribution in [3.8, 4) is 0 Å². The van der Waals surface area contributed by atoms with Crippen LogP contribution in [0.5, 0.6) is 0 Å². The lowest BCUT2D eigenvalue weighted by Gasteiger charge is -2.45. The molecule has 0 amide bonds. The SMILES string of the molecule is C.C.C.C.C.C.CC(C)(C)C(F)C(C)(C)C.CC(C)(C)C(O)C(C)(C)C.CC(C)(C)COC(C)(C)C.CC(C)(C)COC(C)(C)C.COC(C(C)(C)C)C(C)(C)C.COC(F)(C(C)(C)C)C(C)(C)C. The molecule has 69 heavy (non-hydrogen) atoms. The van der Waals surface area contributed by atoms with Gasteiger partial charge >= 0.3 is 0 Å². The van der Waals surface area contributed by atoms with Gasteiger partial charge in [0.1, 0.15) is 6.17 Å². The zero-order valence-corrected chi connectivity index (χ0v) is 50.5. The molecule has 0 spiro atoms. The van der Waals surface area contributed by atoms with Crippen LogP contribution in [0.1, 0.15) is 294 Å². The van der Waals surface area contributed by atoms with Gasteiger partial charge in [-0.05, 0) is 84.9 Å². The minimum atomic E-state index is -1.58. The van der Waals surface area contributed by atoms with Gasteiger partial charge in [0.05, 0.1) is 36.6 Å². The van der Waals surface area contributed by atoms with E-state index in [9.17, 15) is 13.9 Å². The number of aliphatic hydroxyl groups excluding tert-OH is 1. The van der Waals surface area contributed by atoms with E-state index < -0.39 is 22.9 Å². The van der Waals surface area contributed by atoms with E-state index in [1.807, 2.05) is 83.1 Å². The average molecular weight is 1010 g/mol. The summed E-state index contributed by atoms with van der Waals surface area (Å²) in [6, 6.07) is 0. The maximum atomic E-state index is 14.3. The molecule has 0 aliphatic heterocycles. The van der Waals surface area contributed by atoms with Crippen molar-refractivity contribution in [3.63, 3.8) is 0 Å². The molecule has 5 nitrogen and oxygen atoms in total. The van der Waals surface area contributed by atoms with Crippen LogP contribution in [-0.2, 0) is 18.9 Å². The molecule has 0 aromatic rings. The molecule has 0 atom stereocenters. The normalized spacial score (nSPS) is 13.0. The van der Waals surface area contributed by atoms with Gasteiger partial charge in [0, 0.05) is 25.0 Å². The molecule has 0 saturated carbocycles. The maximum absolute atomic E-state index is 14.3. The highest BCUT2D eigenvalue weighted by molar-refractivity contribution is 4.92. The second-order valence-electron chi connectivity index (χ2n) is 30.8. The van der Waals surface area contributed by atoms with Crippen molar-refractivity contribution in [2.24, 2.45) is 54.1 Å². The van der Waals surface area contributed by atoms with Crippen molar-refractivity contribution < 1.29 is 32.8 Å². The van der Waals surface area contributed by atoms with Crippen LogP contribution in [0.2, 0.25) is 0 Å².